The van der Waals surface area contributed by atoms with Crippen molar-refractivity contribution in [1.29, 1.82) is 5.26 Å². The number of nitrogens with zero attached hydrogens (tertiary/aromatic N) is 3. The largest absolute Gasteiger partial charge is 0.444 e. The summed E-state index contributed by atoms with van der Waals surface area (Å²) in [6.07, 6.45) is 5.88. The van der Waals surface area contributed by atoms with E-state index in [4.69, 9.17) is 10.00 Å². The number of rotatable bonds is 2. The molecule has 2 fully saturated rings. The maximum Gasteiger partial charge on any atom is 0.410 e. The highest BCUT2D eigenvalue weighted by Gasteiger charge is 2.40. The maximum absolute atomic E-state index is 12.3. The monoisotopic (exact) mass is 265 g/mol. The Balaban J connectivity index is 1.97. The van der Waals surface area contributed by atoms with Crippen LogP contribution in [-0.4, -0.2) is 46.7 Å². The second-order valence-corrected chi connectivity index (χ2v) is 6.44. The van der Waals surface area contributed by atoms with Gasteiger partial charge in [0.05, 0.1) is 0 Å². The van der Waals surface area contributed by atoms with Crippen molar-refractivity contribution in [2.24, 2.45) is 0 Å². The molecule has 0 N–H and O–H groups in total. The van der Waals surface area contributed by atoms with Crippen molar-refractivity contribution in [2.75, 3.05) is 13.1 Å². The maximum atomic E-state index is 12.3. The van der Waals surface area contributed by atoms with Gasteiger partial charge in [0.1, 0.15) is 5.60 Å². The summed E-state index contributed by atoms with van der Waals surface area (Å²) in [5.74, 6) is 0. The van der Waals surface area contributed by atoms with E-state index in [-0.39, 0.29) is 12.1 Å². The number of carbonyl (C=O) groups is 1. The quantitative estimate of drug-likeness (QED) is 0.719. The Kier molecular flexibility index (Phi) is 3.88. The minimum Gasteiger partial charge on any atom is -0.444 e. The van der Waals surface area contributed by atoms with Gasteiger partial charge in [0.15, 0.2) is 6.19 Å². The van der Waals surface area contributed by atoms with Gasteiger partial charge in [0.2, 0.25) is 0 Å². The summed E-state index contributed by atoms with van der Waals surface area (Å²) in [7, 11) is 0. The predicted molar refractivity (Wildman–Crippen MR) is 71.3 cm³/mol. The summed E-state index contributed by atoms with van der Waals surface area (Å²) >= 11 is 0. The van der Waals surface area contributed by atoms with E-state index >= 15 is 0 Å². The van der Waals surface area contributed by atoms with Crippen LogP contribution in [-0.2, 0) is 4.74 Å². The molecular formula is C14H23N3O2. The first kappa shape index (κ1) is 14.0. The Morgan fingerprint density at radius 2 is 1.74 bits per heavy atom. The molecule has 1 heterocycles. The van der Waals surface area contributed by atoms with Gasteiger partial charge in [0, 0.05) is 25.2 Å². The van der Waals surface area contributed by atoms with Crippen molar-refractivity contribution in [2.45, 2.75) is 64.1 Å². The van der Waals surface area contributed by atoms with Gasteiger partial charge in [-0.1, -0.05) is 0 Å². The number of amides is 1. The molecule has 0 aromatic rings. The molecule has 106 valence electrons. The van der Waals surface area contributed by atoms with Crippen LogP contribution in [0.1, 0.15) is 46.5 Å². The predicted octanol–water partition coefficient (Wildman–Crippen LogP) is 2.33. The first-order valence-corrected chi connectivity index (χ1v) is 7.07. The van der Waals surface area contributed by atoms with Crippen LogP contribution < -0.4 is 0 Å². The average Bonchev–Trinajstić information content (AvgIpc) is 3.12. The summed E-state index contributed by atoms with van der Waals surface area (Å²) in [5, 5.41) is 8.87. The molecule has 0 atom stereocenters. The SMILES string of the molecule is CC(C)(C)OC(=O)N(C1CC1)C1CCN(C#N)CC1. The third-order valence-electron chi connectivity index (χ3n) is 3.54. The fraction of sp³-hybridized carbons (Fsp3) is 0.857. The highest BCUT2D eigenvalue weighted by atomic mass is 16.6. The highest BCUT2D eigenvalue weighted by molar-refractivity contribution is 5.69. The van der Waals surface area contributed by atoms with Gasteiger partial charge >= 0.3 is 6.09 Å². The Bertz CT molecular complexity index is 371. The van der Waals surface area contributed by atoms with Gasteiger partial charge in [-0.2, -0.15) is 5.26 Å². The Hall–Kier alpha value is -1.44. The van der Waals surface area contributed by atoms with Crippen molar-refractivity contribution in [3.63, 3.8) is 0 Å². The zero-order chi connectivity index (χ0) is 14.0. The van der Waals surface area contributed by atoms with E-state index in [1.165, 1.54) is 0 Å². The molecule has 1 amide bonds. The van der Waals surface area contributed by atoms with Crippen LogP contribution in [0.4, 0.5) is 4.79 Å². The van der Waals surface area contributed by atoms with E-state index in [9.17, 15) is 4.79 Å². The van der Waals surface area contributed by atoms with Gasteiger partial charge in [0.25, 0.3) is 0 Å². The van der Waals surface area contributed by atoms with E-state index in [1.807, 2.05) is 25.7 Å². The van der Waals surface area contributed by atoms with Gasteiger partial charge in [-0.25, -0.2) is 4.79 Å². The molecule has 0 unspecified atom stereocenters. The van der Waals surface area contributed by atoms with Crippen molar-refractivity contribution in [3.8, 4) is 6.19 Å². The van der Waals surface area contributed by atoms with Crippen molar-refractivity contribution < 1.29 is 9.53 Å². The van der Waals surface area contributed by atoms with E-state index in [0.29, 0.717) is 6.04 Å². The van der Waals surface area contributed by atoms with Crippen LogP contribution in [0.2, 0.25) is 0 Å². The van der Waals surface area contributed by atoms with Crippen LogP contribution in [0.3, 0.4) is 0 Å². The molecule has 19 heavy (non-hydrogen) atoms. The lowest BCUT2D eigenvalue weighted by Gasteiger charge is -2.37. The molecule has 0 spiro atoms. The third kappa shape index (κ3) is 3.76. The number of carbonyl (C=O) groups excluding carboxylic acids is 1. The summed E-state index contributed by atoms with van der Waals surface area (Å²) < 4.78 is 5.52. The van der Waals surface area contributed by atoms with Crippen molar-refractivity contribution in [1.82, 2.24) is 9.80 Å². The zero-order valence-corrected chi connectivity index (χ0v) is 12.1. The van der Waals surface area contributed by atoms with Gasteiger partial charge in [-0.05, 0) is 46.5 Å². The molecule has 5 heteroatoms. The zero-order valence-electron chi connectivity index (χ0n) is 12.1. The molecule has 0 aromatic carbocycles. The average molecular weight is 265 g/mol. The molecule has 0 bridgehead atoms. The minimum absolute atomic E-state index is 0.189. The standard InChI is InChI=1S/C14H23N3O2/c1-14(2,3)19-13(18)17(11-4-5-11)12-6-8-16(10-15)9-7-12/h11-12H,4-9H2,1-3H3. The molecule has 0 radical (unpaired) electrons. The first-order chi connectivity index (χ1) is 8.90. The third-order valence-corrected chi connectivity index (χ3v) is 3.54. The fourth-order valence-corrected chi connectivity index (χ4v) is 2.51. The molecule has 1 saturated heterocycles. The summed E-state index contributed by atoms with van der Waals surface area (Å²) in [6.45, 7) is 7.18. The molecule has 5 nitrogen and oxygen atoms in total. The van der Waals surface area contributed by atoms with E-state index in [2.05, 4.69) is 6.19 Å². The molecule has 1 aliphatic carbocycles. The van der Waals surface area contributed by atoms with Gasteiger partial charge in [-0.3, -0.25) is 0 Å². The molecular weight excluding hydrogens is 242 g/mol. The lowest BCUT2D eigenvalue weighted by Crippen LogP contribution is -2.49. The number of likely N-dealkylation sites (tertiary alicyclic amines) is 1. The van der Waals surface area contributed by atoms with Gasteiger partial charge in [-0.15, -0.1) is 0 Å². The van der Waals surface area contributed by atoms with E-state index < -0.39 is 5.60 Å². The van der Waals surface area contributed by atoms with E-state index in [1.54, 1.807) is 4.90 Å². The molecule has 2 rings (SSSR count). The Labute approximate surface area is 115 Å². The fourth-order valence-electron chi connectivity index (χ4n) is 2.51. The minimum atomic E-state index is -0.447. The van der Waals surface area contributed by atoms with Crippen molar-refractivity contribution in [3.05, 3.63) is 0 Å². The number of ether oxygens (including phenoxy) is 1. The smallest absolute Gasteiger partial charge is 0.410 e. The summed E-state index contributed by atoms with van der Waals surface area (Å²) in [5.41, 5.74) is -0.447. The number of nitriles is 1. The van der Waals surface area contributed by atoms with Crippen LogP contribution in [0, 0.1) is 11.5 Å². The lowest BCUT2D eigenvalue weighted by atomic mass is 10.0. The van der Waals surface area contributed by atoms with Crippen molar-refractivity contribution >= 4 is 6.09 Å². The first-order valence-electron chi connectivity index (χ1n) is 7.07. The number of piperidine rings is 1. The molecule has 0 aromatic heterocycles. The molecule has 2 aliphatic rings. The van der Waals surface area contributed by atoms with Crippen LogP contribution in [0.5, 0.6) is 0 Å². The van der Waals surface area contributed by atoms with E-state index in [0.717, 1.165) is 38.8 Å². The topological polar surface area (TPSA) is 56.6 Å². The Morgan fingerprint density at radius 3 is 2.16 bits per heavy atom. The number of hydrogen-bond donors (Lipinski definition) is 0. The van der Waals surface area contributed by atoms with Crippen LogP contribution in [0.25, 0.3) is 0 Å². The molecule has 1 saturated carbocycles. The lowest BCUT2D eigenvalue weighted by molar-refractivity contribution is 0.00794. The second kappa shape index (κ2) is 5.28. The molecule has 1 aliphatic heterocycles. The second-order valence-electron chi connectivity index (χ2n) is 6.44. The highest BCUT2D eigenvalue weighted by Crippen LogP contribution is 2.33. The Morgan fingerprint density at radius 1 is 1.21 bits per heavy atom. The summed E-state index contributed by atoms with van der Waals surface area (Å²) in [4.78, 5) is 16.0. The van der Waals surface area contributed by atoms with Crippen LogP contribution >= 0.6 is 0 Å². The van der Waals surface area contributed by atoms with Gasteiger partial charge < -0.3 is 14.5 Å². The number of hydrogen-bond acceptors (Lipinski definition) is 4. The summed E-state index contributed by atoms with van der Waals surface area (Å²) in [6, 6.07) is 0.584. The van der Waals surface area contributed by atoms with Crippen LogP contribution in [0.15, 0.2) is 0 Å². The normalized spacial score (nSPS) is 20.8.